The van der Waals surface area contributed by atoms with E-state index in [1.807, 2.05) is 37.3 Å². The lowest BCUT2D eigenvalue weighted by Gasteiger charge is -2.11. The maximum Gasteiger partial charge on any atom is 0.196 e. The van der Waals surface area contributed by atoms with Gasteiger partial charge in [0.05, 0.1) is 4.90 Å². The number of para-hydroxylation sites is 1. The molecule has 4 aromatic rings. The van der Waals surface area contributed by atoms with Gasteiger partial charge in [-0.2, -0.15) is 0 Å². The molecule has 1 aromatic heterocycles. The summed E-state index contributed by atoms with van der Waals surface area (Å²) in [4.78, 5) is 0.253. The van der Waals surface area contributed by atoms with Gasteiger partial charge in [0.15, 0.2) is 20.8 Å². The van der Waals surface area contributed by atoms with Gasteiger partial charge in [-0.1, -0.05) is 76.9 Å². The van der Waals surface area contributed by atoms with Gasteiger partial charge in [-0.05, 0) is 48.9 Å². The number of aromatic nitrogens is 3. The monoisotopic (exact) mass is 503 g/mol. The van der Waals surface area contributed by atoms with Gasteiger partial charge in [0.25, 0.3) is 0 Å². The van der Waals surface area contributed by atoms with E-state index in [0.717, 1.165) is 16.8 Å². The van der Waals surface area contributed by atoms with Gasteiger partial charge in [-0.25, -0.2) is 8.42 Å². The molecule has 0 atom stereocenters. The lowest BCUT2D eigenvalue weighted by atomic mass is 10.2. The molecule has 0 spiro atoms. The van der Waals surface area contributed by atoms with E-state index in [-0.39, 0.29) is 10.6 Å². The number of nitrogens with zero attached hydrogens (tertiary/aromatic N) is 3. The molecular formula is C23H19Cl2N3O2S2. The van der Waals surface area contributed by atoms with Crippen molar-refractivity contribution in [1.82, 2.24) is 14.8 Å². The Hall–Kier alpha value is -2.32. The van der Waals surface area contributed by atoms with Gasteiger partial charge >= 0.3 is 0 Å². The Morgan fingerprint density at radius 1 is 0.875 bits per heavy atom. The second-order valence-corrected chi connectivity index (χ2v) is 10.9. The third kappa shape index (κ3) is 5.02. The third-order valence-corrected chi connectivity index (χ3v) is 8.11. The second kappa shape index (κ2) is 9.67. The van der Waals surface area contributed by atoms with Crippen LogP contribution in [0.5, 0.6) is 0 Å². The van der Waals surface area contributed by atoms with Gasteiger partial charge in [0.1, 0.15) is 5.75 Å². The molecule has 0 aliphatic heterocycles. The van der Waals surface area contributed by atoms with Gasteiger partial charge in [-0.3, -0.25) is 4.57 Å². The van der Waals surface area contributed by atoms with Crippen LogP contribution in [0, 0.1) is 6.92 Å². The quantitative estimate of drug-likeness (QED) is 0.283. The SMILES string of the molecule is Cc1ccc(S(=O)(=O)Cc2nnc(SCc3c(Cl)cccc3Cl)n2-c2ccccc2)cc1. The minimum absolute atomic E-state index is 0.253. The van der Waals surface area contributed by atoms with E-state index in [1.165, 1.54) is 11.8 Å². The predicted octanol–water partition coefficient (Wildman–Crippen LogP) is 6.15. The van der Waals surface area contributed by atoms with Gasteiger partial charge < -0.3 is 0 Å². The van der Waals surface area contributed by atoms with Crippen molar-refractivity contribution in [2.45, 2.75) is 28.5 Å². The Balaban J connectivity index is 1.69. The highest BCUT2D eigenvalue weighted by atomic mass is 35.5. The highest BCUT2D eigenvalue weighted by Gasteiger charge is 2.23. The number of rotatable bonds is 7. The summed E-state index contributed by atoms with van der Waals surface area (Å²) >= 11 is 14.0. The molecule has 5 nitrogen and oxygen atoms in total. The maximum atomic E-state index is 13.1. The average molecular weight is 504 g/mol. The number of hydrogen-bond acceptors (Lipinski definition) is 5. The van der Waals surface area contributed by atoms with Crippen molar-refractivity contribution in [3.8, 4) is 5.69 Å². The van der Waals surface area contributed by atoms with Crippen molar-refractivity contribution in [3.63, 3.8) is 0 Å². The first-order valence-electron chi connectivity index (χ1n) is 9.70. The van der Waals surface area contributed by atoms with Crippen LogP contribution in [0.3, 0.4) is 0 Å². The highest BCUT2D eigenvalue weighted by Crippen LogP contribution is 2.32. The number of benzene rings is 3. The van der Waals surface area contributed by atoms with Crippen LogP contribution >= 0.6 is 35.0 Å². The van der Waals surface area contributed by atoms with Gasteiger partial charge in [0, 0.05) is 21.5 Å². The molecule has 0 fully saturated rings. The standard InChI is InChI=1S/C23H19Cl2N3O2S2/c1-16-10-12-18(13-11-16)32(29,30)15-22-26-27-23(28(22)17-6-3-2-4-7-17)31-14-19-20(24)8-5-9-21(19)25/h2-13H,14-15H2,1H3. The van der Waals surface area contributed by atoms with Gasteiger partial charge in [-0.15, -0.1) is 10.2 Å². The Morgan fingerprint density at radius 3 is 2.19 bits per heavy atom. The summed E-state index contributed by atoms with van der Waals surface area (Å²) in [5, 5.41) is 10.2. The largest absolute Gasteiger partial charge is 0.273 e. The van der Waals surface area contributed by atoms with E-state index in [9.17, 15) is 8.42 Å². The number of halogens is 2. The minimum Gasteiger partial charge on any atom is -0.273 e. The fraction of sp³-hybridized carbons (Fsp3) is 0.130. The Morgan fingerprint density at radius 2 is 1.53 bits per heavy atom. The summed E-state index contributed by atoms with van der Waals surface area (Å²) in [6, 6.07) is 21.6. The lowest BCUT2D eigenvalue weighted by Crippen LogP contribution is -2.11. The van der Waals surface area contributed by atoms with Crippen molar-refractivity contribution >= 4 is 44.8 Å². The van der Waals surface area contributed by atoms with Crippen molar-refractivity contribution in [2.75, 3.05) is 0 Å². The lowest BCUT2D eigenvalue weighted by molar-refractivity contribution is 0.593. The minimum atomic E-state index is -3.60. The molecule has 0 aliphatic rings. The molecular weight excluding hydrogens is 485 g/mol. The molecule has 32 heavy (non-hydrogen) atoms. The summed E-state index contributed by atoms with van der Waals surface area (Å²) in [7, 11) is -3.60. The molecule has 164 valence electrons. The summed E-state index contributed by atoms with van der Waals surface area (Å²) in [6.45, 7) is 1.91. The van der Waals surface area contributed by atoms with E-state index < -0.39 is 9.84 Å². The number of sulfone groups is 1. The first-order valence-corrected chi connectivity index (χ1v) is 13.1. The topological polar surface area (TPSA) is 64.8 Å². The number of hydrogen-bond donors (Lipinski definition) is 0. The zero-order chi connectivity index (χ0) is 22.7. The van der Waals surface area contributed by atoms with E-state index in [0.29, 0.717) is 26.8 Å². The molecule has 0 saturated heterocycles. The van der Waals surface area contributed by atoms with Crippen LogP contribution in [0.2, 0.25) is 10.0 Å². The molecule has 0 amide bonds. The molecule has 0 saturated carbocycles. The predicted molar refractivity (Wildman–Crippen MR) is 129 cm³/mol. The van der Waals surface area contributed by atoms with E-state index >= 15 is 0 Å². The van der Waals surface area contributed by atoms with E-state index in [4.69, 9.17) is 23.2 Å². The maximum absolute atomic E-state index is 13.1. The molecule has 0 unspecified atom stereocenters. The van der Waals surface area contributed by atoms with Gasteiger partial charge in [0.2, 0.25) is 0 Å². The Labute approximate surface area is 201 Å². The zero-order valence-electron chi connectivity index (χ0n) is 17.1. The van der Waals surface area contributed by atoms with E-state index in [2.05, 4.69) is 10.2 Å². The molecule has 9 heteroatoms. The molecule has 1 heterocycles. The van der Waals surface area contributed by atoms with Crippen LogP contribution in [0.25, 0.3) is 5.69 Å². The van der Waals surface area contributed by atoms with Crippen LogP contribution in [0.15, 0.2) is 82.8 Å². The van der Waals surface area contributed by atoms with Crippen molar-refractivity contribution in [3.05, 3.63) is 99.8 Å². The van der Waals surface area contributed by atoms with E-state index in [1.54, 1.807) is 47.0 Å². The Bertz CT molecular complexity index is 1320. The van der Waals surface area contributed by atoms with Crippen LogP contribution in [0.4, 0.5) is 0 Å². The normalized spacial score (nSPS) is 11.6. The first kappa shape index (κ1) is 22.9. The fourth-order valence-corrected chi connectivity index (χ4v) is 6.09. The molecule has 0 aliphatic carbocycles. The molecule has 0 N–H and O–H groups in total. The molecule has 0 bridgehead atoms. The first-order chi connectivity index (χ1) is 15.3. The van der Waals surface area contributed by atoms with Crippen LogP contribution in [-0.2, 0) is 21.3 Å². The molecule has 3 aromatic carbocycles. The molecule has 4 rings (SSSR count). The summed E-state index contributed by atoms with van der Waals surface area (Å²) in [6.07, 6.45) is 0. The fourth-order valence-electron chi connectivity index (χ4n) is 3.13. The Kier molecular flexibility index (Phi) is 6.90. The third-order valence-electron chi connectivity index (χ3n) is 4.82. The smallest absolute Gasteiger partial charge is 0.196 e. The molecule has 0 radical (unpaired) electrons. The van der Waals surface area contributed by atoms with Crippen LogP contribution in [0.1, 0.15) is 17.0 Å². The van der Waals surface area contributed by atoms with Crippen molar-refractivity contribution < 1.29 is 8.42 Å². The second-order valence-electron chi connectivity index (χ2n) is 7.13. The number of aryl methyl sites for hydroxylation is 1. The average Bonchev–Trinajstić information content (AvgIpc) is 3.16. The summed E-state index contributed by atoms with van der Waals surface area (Å²) in [5.74, 6) is 0.532. The van der Waals surface area contributed by atoms with Crippen LogP contribution < -0.4 is 0 Å². The van der Waals surface area contributed by atoms with Crippen molar-refractivity contribution in [1.29, 1.82) is 0 Å². The van der Waals surface area contributed by atoms with Crippen molar-refractivity contribution in [2.24, 2.45) is 0 Å². The number of thioether (sulfide) groups is 1. The highest BCUT2D eigenvalue weighted by molar-refractivity contribution is 7.98. The summed E-state index contributed by atoms with van der Waals surface area (Å²) < 4.78 is 27.9. The summed E-state index contributed by atoms with van der Waals surface area (Å²) in [5.41, 5.74) is 2.56. The zero-order valence-corrected chi connectivity index (χ0v) is 20.2. The van der Waals surface area contributed by atoms with Crippen LogP contribution in [-0.4, -0.2) is 23.2 Å².